The van der Waals surface area contributed by atoms with Gasteiger partial charge in [0.1, 0.15) is 12.1 Å². The predicted octanol–water partition coefficient (Wildman–Crippen LogP) is 1.67. The van der Waals surface area contributed by atoms with Crippen LogP contribution in [0.25, 0.3) is 0 Å². The Morgan fingerprint density at radius 1 is 1.41 bits per heavy atom. The van der Waals surface area contributed by atoms with Crippen LogP contribution in [0.3, 0.4) is 0 Å². The summed E-state index contributed by atoms with van der Waals surface area (Å²) in [5.74, 6) is 0.0537. The van der Waals surface area contributed by atoms with Crippen LogP contribution >= 0.6 is 11.8 Å². The number of H-pyrrole nitrogens is 1. The summed E-state index contributed by atoms with van der Waals surface area (Å²) in [6.45, 7) is 0. The fourth-order valence-corrected chi connectivity index (χ4v) is 1.81. The van der Waals surface area contributed by atoms with Gasteiger partial charge in [0.15, 0.2) is 0 Å². The number of benzene rings is 1. The van der Waals surface area contributed by atoms with Crippen LogP contribution in [0, 0.1) is 5.82 Å². The molecule has 0 saturated carbocycles. The molecule has 7 heteroatoms. The third-order valence-corrected chi connectivity index (χ3v) is 2.87. The van der Waals surface area contributed by atoms with Crippen molar-refractivity contribution in [2.24, 2.45) is 0 Å². The number of hydrogen-bond acceptors (Lipinski definition) is 4. The Labute approximate surface area is 101 Å². The molecule has 2 aromatic rings. The van der Waals surface area contributed by atoms with Crippen LogP contribution < -0.4 is 5.32 Å². The van der Waals surface area contributed by atoms with Crippen LogP contribution in [-0.2, 0) is 4.79 Å². The van der Waals surface area contributed by atoms with Crippen LogP contribution in [0.4, 0.5) is 10.3 Å². The number of nitrogens with zero attached hydrogens (tertiary/aromatic N) is 2. The summed E-state index contributed by atoms with van der Waals surface area (Å²) in [4.78, 5) is 16.1. The Hall–Kier alpha value is -1.89. The molecule has 0 unspecified atom stereocenters. The van der Waals surface area contributed by atoms with Crippen LogP contribution in [0.15, 0.2) is 35.5 Å². The van der Waals surface area contributed by atoms with E-state index in [1.165, 1.54) is 30.2 Å². The Kier molecular flexibility index (Phi) is 3.71. The molecule has 2 rings (SSSR count). The van der Waals surface area contributed by atoms with E-state index in [2.05, 4.69) is 20.5 Å². The number of halogens is 1. The molecule has 0 saturated heterocycles. The summed E-state index contributed by atoms with van der Waals surface area (Å²) >= 11 is 1.32. The first-order chi connectivity index (χ1) is 8.24. The van der Waals surface area contributed by atoms with Crippen molar-refractivity contribution in [2.45, 2.75) is 4.90 Å². The van der Waals surface area contributed by atoms with Crippen molar-refractivity contribution in [2.75, 3.05) is 11.1 Å². The molecule has 88 valence electrons. The van der Waals surface area contributed by atoms with Crippen molar-refractivity contribution in [3.8, 4) is 0 Å². The lowest BCUT2D eigenvalue weighted by molar-refractivity contribution is -0.113. The van der Waals surface area contributed by atoms with E-state index in [9.17, 15) is 9.18 Å². The molecular formula is C10H9FN4OS. The van der Waals surface area contributed by atoms with E-state index in [1.54, 1.807) is 12.1 Å². The molecule has 1 aromatic carbocycles. The van der Waals surface area contributed by atoms with Gasteiger partial charge in [-0.15, -0.1) is 11.8 Å². The highest BCUT2D eigenvalue weighted by Crippen LogP contribution is 2.17. The molecule has 0 aliphatic heterocycles. The van der Waals surface area contributed by atoms with Crippen molar-refractivity contribution in [3.63, 3.8) is 0 Å². The Bertz CT molecular complexity index is 486. The van der Waals surface area contributed by atoms with Crippen molar-refractivity contribution < 1.29 is 9.18 Å². The topological polar surface area (TPSA) is 70.7 Å². The first-order valence-electron chi connectivity index (χ1n) is 4.77. The van der Waals surface area contributed by atoms with Crippen LogP contribution in [-0.4, -0.2) is 26.8 Å². The molecule has 1 aromatic heterocycles. The van der Waals surface area contributed by atoms with Gasteiger partial charge in [-0.3, -0.25) is 10.1 Å². The summed E-state index contributed by atoms with van der Waals surface area (Å²) in [5.41, 5.74) is 0. The number of aromatic amines is 1. The molecule has 0 fully saturated rings. The van der Waals surface area contributed by atoms with Gasteiger partial charge in [-0.25, -0.2) is 9.49 Å². The van der Waals surface area contributed by atoms with E-state index < -0.39 is 0 Å². The number of thioether (sulfide) groups is 1. The minimum atomic E-state index is -0.291. The summed E-state index contributed by atoms with van der Waals surface area (Å²) in [7, 11) is 0. The number of nitrogens with one attached hydrogen (secondary N) is 2. The number of carbonyl (C=O) groups excluding carboxylic acids is 1. The number of amides is 1. The standard InChI is InChI=1S/C10H9FN4OS/c11-7-1-3-8(4-2-7)17-5-9(16)14-10-12-6-13-15-10/h1-4,6H,5H2,(H2,12,13,14,15,16). The fourth-order valence-electron chi connectivity index (χ4n) is 1.11. The summed E-state index contributed by atoms with van der Waals surface area (Å²) in [5, 5.41) is 8.67. The lowest BCUT2D eigenvalue weighted by Crippen LogP contribution is -2.14. The van der Waals surface area contributed by atoms with Gasteiger partial charge in [-0.05, 0) is 24.3 Å². The SMILES string of the molecule is O=C(CSc1ccc(F)cc1)Nc1ncn[nH]1. The summed E-state index contributed by atoms with van der Waals surface area (Å²) < 4.78 is 12.6. The zero-order chi connectivity index (χ0) is 12.1. The van der Waals surface area contributed by atoms with Gasteiger partial charge in [0, 0.05) is 4.90 Å². The molecule has 0 radical (unpaired) electrons. The van der Waals surface area contributed by atoms with Crippen molar-refractivity contribution in [1.82, 2.24) is 15.2 Å². The van der Waals surface area contributed by atoms with E-state index >= 15 is 0 Å². The second-order valence-electron chi connectivity index (χ2n) is 3.12. The minimum absolute atomic E-state index is 0.198. The lowest BCUT2D eigenvalue weighted by atomic mass is 10.4. The molecule has 0 aliphatic rings. The molecule has 0 bridgehead atoms. The molecule has 5 nitrogen and oxygen atoms in total. The molecule has 1 amide bonds. The first-order valence-corrected chi connectivity index (χ1v) is 5.76. The molecule has 1 heterocycles. The number of aromatic nitrogens is 3. The van der Waals surface area contributed by atoms with Gasteiger partial charge >= 0.3 is 0 Å². The van der Waals surface area contributed by atoms with Crippen LogP contribution in [0.5, 0.6) is 0 Å². The second kappa shape index (κ2) is 5.44. The normalized spacial score (nSPS) is 10.2. The van der Waals surface area contributed by atoms with Crippen molar-refractivity contribution >= 4 is 23.6 Å². The maximum atomic E-state index is 12.6. The lowest BCUT2D eigenvalue weighted by Gasteiger charge is -2.01. The average Bonchev–Trinajstić information content (AvgIpc) is 2.81. The largest absolute Gasteiger partial charge is 0.294 e. The molecule has 17 heavy (non-hydrogen) atoms. The Morgan fingerprint density at radius 3 is 2.82 bits per heavy atom. The highest BCUT2D eigenvalue weighted by Gasteiger charge is 2.05. The quantitative estimate of drug-likeness (QED) is 0.812. The zero-order valence-corrected chi connectivity index (χ0v) is 9.50. The predicted molar refractivity (Wildman–Crippen MR) is 62.1 cm³/mol. The van der Waals surface area contributed by atoms with E-state index in [1.807, 2.05) is 0 Å². The highest BCUT2D eigenvalue weighted by molar-refractivity contribution is 8.00. The number of carbonyl (C=O) groups is 1. The molecular weight excluding hydrogens is 243 g/mol. The van der Waals surface area contributed by atoms with Gasteiger partial charge in [0.25, 0.3) is 0 Å². The summed E-state index contributed by atoms with van der Waals surface area (Å²) in [6, 6.07) is 5.97. The van der Waals surface area contributed by atoms with Crippen molar-refractivity contribution in [3.05, 3.63) is 36.4 Å². The van der Waals surface area contributed by atoms with Gasteiger partial charge in [0.05, 0.1) is 5.75 Å². The van der Waals surface area contributed by atoms with E-state index in [0.29, 0.717) is 5.95 Å². The summed E-state index contributed by atoms with van der Waals surface area (Å²) in [6.07, 6.45) is 1.31. The fraction of sp³-hybridized carbons (Fsp3) is 0.100. The molecule has 0 spiro atoms. The molecule has 0 atom stereocenters. The van der Waals surface area contributed by atoms with Crippen LogP contribution in [0.1, 0.15) is 0 Å². The van der Waals surface area contributed by atoms with Gasteiger partial charge in [-0.1, -0.05) is 0 Å². The van der Waals surface area contributed by atoms with Crippen LogP contribution in [0.2, 0.25) is 0 Å². The Balaban J connectivity index is 1.82. The highest BCUT2D eigenvalue weighted by atomic mass is 32.2. The number of anilines is 1. The number of rotatable bonds is 4. The number of hydrogen-bond donors (Lipinski definition) is 2. The third kappa shape index (κ3) is 3.56. The smallest absolute Gasteiger partial charge is 0.237 e. The van der Waals surface area contributed by atoms with E-state index in [0.717, 1.165) is 4.90 Å². The second-order valence-corrected chi connectivity index (χ2v) is 4.17. The minimum Gasteiger partial charge on any atom is -0.294 e. The third-order valence-electron chi connectivity index (χ3n) is 1.86. The van der Waals surface area contributed by atoms with Gasteiger partial charge in [-0.2, -0.15) is 10.1 Å². The average molecular weight is 252 g/mol. The van der Waals surface area contributed by atoms with Gasteiger partial charge in [0.2, 0.25) is 11.9 Å². The monoisotopic (exact) mass is 252 g/mol. The first kappa shape index (κ1) is 11.6. The van der Waals surface area contributed by atoms with Crippen molar-refractivity contribution in [1.29, 1.82) is 0 Å². The maximum absolute atomic E-state index is 12.6. The molecule has 2 N–H and O–H groups in total. The molecule has 0 aliphatic carbocycles. The van der Waals surface area contributed by atoms with E-state index in [4.69, 9.17) is 0 Å². The van der Waals surface area contributed by atoms with E-state index in [-0.39, 0.29) is 17.5 Å². The Morgan fingerprint density at radius 2 is 2.18 bits per heavy atom. The maximum Gasteiger partial charge on any atom is 0.237 e. The zero-order valence-electron chi connectivity index (χ0n) is 8.68. The van der Waals surface area contributed by atoms with Gasteiger partial charge < -0.3 is 0 Å².